The van der Waals surface area contributed by atoms with Crippen LogP contribution >= 0.6 is 11.6 Å². The lowest BCUT2D eigenvalue weighted by Gasteiger charge is -2.15. The van der Waals surface area contributed by atoms with Crippen molar-refractivity contribution < 1.29 is 27.5 Å². The van der Waals surface area contributed by atoms with Crippen molar-refractivity contribution >= 4 is 40.6 Å². The molecule has 0 unspecified atom stereocenters. The molecule has 1 aliphatic heterocycles. The van der Waals surface area contributed by atoms with Gasteiger partial charge in [0.25, 0.3) is 0 Å². The second-order valence-electron chi connectivity index (χ2n) is 8.71. The Hall–Kier alpha value is -3.70. The van der Waals surface area contributed by atoms with Crippen molar-refractivity contribution in [2.45, 2.75) is 25.4 Å². The van der Waals surface area contributed by atoms with E-state index in [0.29, 0.717) is 18.1 Å². The van der Waals surface area contributed by atoms with Gasteiger partial charge in [0.05, 0.1) is 5.02 Å². The normalized spacial score (nSPS) is 13.8. The number of amides is 1. The van der Waals surface area contributed by atoms with Crippen molar-refractivity contribution in [1.82, 2.24) is 14.9 Å². The molecule has 0 atom stereocenters. The monoisotopic (exact) mass is 547 g/mol. The van der Waals surface area contributed by atoms with Gasteiger partial charge in [0.2, 0.25) is 5.95 Å². The van der Waals surface area contributed by atoms with Crippen molar-refractivity contribution in [3.8, 4) is 5.75 Å². The summed E-state index contributed by atoms with van der Waals surface area (Å²) in [4.78, 5) is 34.8. The van der Waals surface area contributed by atoms with E-state index in [1.165, 1.54) is 37.4 Å². The zero-order chi connectivity index (χ0) is 27.1. The number of ketones is 1. The lowest BCUT2D eigenvalue weighted by Crippen LogP contribution is -2.30. The number of likely N-dealkylation sites (tertiary alicyclic amines) is 1. The van der Waals surface area contributed by atoms with Gasteiger partial charge in [-0.05, 0) is 61.8 Å². The van der Waals surface area contributed by atoms with Crippen LogP contribution in [0.1, 0.15) is 28.8 Å². The molecule has 2 N–H and O–H groups in total. The number of halogens is 4. The Labute approximate surface area is 222 Å². The van der Waals surface area contributed by atoms with Gasteiger partial charge < -0.3 is 15.4 Å². The number of nitrogens with one attached hydrogen (secondary N) is 2. The largest absolute Gasteiger partial charge is 0.492 e. The molecule has 0 spiro atoms. The fraction of sp³-hybridized carbons (Fsp3) is 0.308. The number of hydrogen-bond acceptors (Lipinski definition) is 7. The van der Waals surface area contributed by atoms with Crippen LogP contribution in [0.25, 0.3) is 0 Å². The molecule has 8 nitrogen and oxygen atoms in total. The maximum atomic E-state index is 12.7. The number of benzene rings is 2. The van der Waals surface area contributed by atoms with Crippen molar-refractivity contribution in [1.29, 1.82) is 0 Å². The molecule has 0 radical (unpaired) electrons. The Morgan fingerprint density at radius 2 is 1.76 bits per heavy atom. The van der Waals surface area contributed by atoms with Gasteiger partial charge in [-0.15, -0.1) is 0 Å². The molecule has 1 aromatic heterocycles. The quantitative estimate of drug-likeness (QED) is 0.334. The highest BCUT2D eigenvalue weighted by Gasteiger charge is 2.38. The van der Waals surface area contributed by atoms with E-state index in [4.69, 9.17) is 16.3 Å². The highest BCUT2D eigenvalue weighted by molar-refractivity contribution is 6.34. The molecule has 2 heterocycles. The van der Waals surface area contributed by atoms with Crippen LogP contribution in [0, 0.1) is 0 Å². The zero-order valence-corrected chi connectivity index (χ0v) is 21.0. The average Bonchev–Trinajstić information content (AvgIpc) is 3.39. The fourth-order valence-electron chi connectivity index (χ4n) is 3.90. The van der Waals surface area contributed by atoms with Gasteiger partial charge in [0, 0.05) is 48.4 Å². The predicted molar refractivity (Wildman–Crippen MR) is 137 cm³/mol. The van der Waals surface area contributed by atoms with Crippen LogP contribution < -0.4 is 15.4 Å². The zero-order valence-electron chi connectivity index (χ0n) is 20.2. The molecule has 0 aliphatic carbocycles. The number of carbonyl (C=O) groups excluding carboxylic acids is 2. The molecule has 1 saturated heterocycles. The third-order valence-corrected chi connectivity index (χ3v) is 6.15. The topological polar surface area (TPSA) is 96.4 Å². The molecular formula is C26H25ClF3N5O3. The molecule has 12 heteroatoms. The summed E-state index contributed by atoms with van der Waals surface area (Å²) >= 11 is 6.07. The highest BCUT2D eigenvalue weighted by atomic mass is 35.5. The summed E-state index contributed by atoms with van der Waals surface area (Å²) in [7, 11) is 0. The van der Waals surface area contributed by atoms with Crippen LogP contribution in [-0.4, -0.2) is 59.0 Å². The predicted octanol–water partition coefficient (Wildman–Crippen LogP) is 5.27. The van der Waals surface area contributed by atoms with E-state index >= 15 is 0 Å². The molecular weight excluding hydrogens is 523 g/mol. The van der Waals surface area contributed by atoms with E-state index in [2.05, 4.69) is 20.2 Å². The molecule has 4 rings (SSSR count). The summed E-state index contributed by atoms with van der Waals surface area (Å²) in [6.45, 7) is 3.72. The van der Waals surface area contributed by atoms with Gasteiger partial charge in [-0.3, -0.25) is 14.5 Å². The lowest BCUT2D eigenvalue weighted by atomic mass is 10.0. The molecule has 3 aromatic rings. The van der Waals surface area contributed by atoms with Crippen LogP contribution in [0.3, 0.4) is 0 Å². The fourth-order valence-corrected chi connectivity index (χ4v) is 4.12. The molecule has 1 amide bonds. The minimum atomic E-state index is -5.06. The first kappa shape index (κ1) is 27.3. The molecule has 1 fully saturated rings. The average molecular weight is 548 g/mol. The van der Waals surface area contributed by atoms with Crippen LogP contribution in [0.4, 0.5) is 30.5 Å². The van der Waals surface area contributed by atoms with Crippen molar-refractivity contribution in [2.75, 3.05) is 36.9 Å². The third-order valence-electron chi connectivity index (χ3n) is 5.82. The second-order valence-corrected chi connectivity index (χ2v) is 9.12. The van der Waals surface area contributed by atoms with E-state index in [-0.39, 0.29) is 22.7 Å². The van der Waals surface area contributed by atoms with Gasteiger partial charge >= 0.3 is 12.1 Å². The van der Waals surface area contributed by atoms with Gasteiger partial charge in [-0.25, -0.2) is 9.97 Å². The van der Waals surface area contributed by atoms with E-state index in [1.54, 1.807) is 5.32 Å². The Morgan fingerprint density at radius 1 is 1.03 bits per heavy atom. The molecule has 38 heavy (non-hydrogen) atoms. The summed E-state index contributed by atoms with van der Waals surface area (Å²) in [5.74, 6) is -1.58. The number of Topliss-reactive ketones (excluding diaryl/α,β-unsaturated/α-hetero) is 1. The summed E-state index contributed by atoms with van der Waals surface area (Å²) in [5.41, 5.74) is 0.978. The Balaban J connectivity index is 1.33. The summed E-state index contributed by atoms with van der Waals surface area (Å²) < 4.78 is 43.4. The maximum Gasteiger partial charge on any atom is 0.471 e. The second kappa shape index (κ2) is 12.2. The maximum absolute atomic E-state index is 12.7. The van der Waals surface area contributed by atoms with Gasteiger partial charge in [0.15, 0.2) is 5.78 Å². The smallest absolute Gasteiger partial charge is 0.471 e. The standard InChI is InChI=1S/C26H25ClF3N5O3/c27-22-7-6-19(33-24(37)26(28,29)30)14-21(22)23(36)12-17-15-31-25(32-16-17)34-18-4-3-5-20(13-18)38-11-10-35-8-1-2-9-35/h3-7,13-16H,1-2,8-12H2,(H,33,37)(H,31,32,34). The summed E-state index contributed by atoms with van der Waals surface area (Å²) in [5, 5.41) is 4.84. The molecule has 200 valence electrons. The molecule has 1 aliphatic rings. The third kappa shape index (κ3) is 7.65. The lowest BCUT2D eigenvalue weighted by molar-refractivity contribution is -0.167. The summed E-state index contributed by atoms with van der Waals surface area (Å²) in [6.07, 6.45) is 0.200. The number of aromatic nitrogens is 2. The van der Waals surface area contributed by atoms with Crippen LogP contribution in [-0.2, 0) is 11.2 Å². The van der Waals surface area contributed by atoms with Crippen molar-refractivity contribution in [3.63, 3.8) is 0 Å². The van der Waals surface area contributed by atoms with Crippen LogP contribution in [0.15, 0.2) is 54.9 Å². The highest BCUT2D eigenvalue weighted by Crippen LogP contribution is 2.25. The first-order chi connectivity index (χ1) is 18.2. The number of anilines is 3. The summed E-state index contributed by atoms with van der Waals surface area (Å²) in [6, 6.07) is 11.0. The molecule has 2 aromatic carbocycles. The van der Waals surface area contributed by atoms with E-state index < -0.39 is 17.9 Å². The number of rotatable bonds is 10. The van der Waals surface area contributed by atoms with Crippen LogP contribution in [0.5, 0.6) is 5.75 Å². The Morgan fingerprint density at radius 3 is 2.47 bits per heavy atom. The van der Waals surface area contributed by atoms with E-state index in [0.717, 1.165) is 37.1 Å². The Kier molecular flexibility index (Phi) is 8.80. The minimum absolute atomic E-state index is 0.0320. The molecule has 0 bridgehead atoms. The number of alkyl halides is 3. The Bertz CT molecular complexity index is 1280. The van der Waals surface area contributed by atoms with Crippen molar-refractivity contribution in [3.05, 3.63) is 71.0 Å². The van der Waals surface area contributed by atoms with E-state index in [1.807, 2.05) is 24.3 Å². The molecule has 0 saturated carbocycles. The van der Waals surface area contributed by atoms with Crippen LogP contribution in [0.2, 0.25) is 5.02 Å². The van der Waals surface area contributed by atoms with Gasteiger partial charge in [-0.2, -0.15) is 13.2 Å². The number of carbonyl (C=O) groups is 2. The first-order valence-corrected chi connectivity index (χ1v) is 12.3. The van der Waals surface area contributed by atoms with Gasteiger partial charge in [-0.1, -0.05) is 17.7 Å². The van der Waals surface area contributed by atoms with Gasteiger partial charge in [0.1, 0.15) is 12.4 Å². The van der Waals surface area contributed by atoms with Crippen molar-refractivity contribution in [2.24, 2.45) is 0 Å². The van der Waals surface area contributed by atoms with E-state index in [9.17, 15) is 22.8 Å². The first-order valence-electron chi connectivity index (χ1n) is 11.9. The minimum Gasteiger partial charge on any atom is -0.492 e. The number of hydrogen-bond donors (Lipinski definition) is 2. The number of ether oxygens (including phenoxy) is 1. The number of nitrogens with zero attached hydrogens (tertiary/aromatic N) is 3. The SMILES string of the molecule is O=C(Cc1cnc(Nc2cccc(OCCN3CCCC3)c2)nc1)c1cc(NC(=O)C(F)(F)F)ccc1Cl.